The number of aryl methyl sites for hydroxylation is 1. The zero-order valence-electron chi connectivity index (χ0n) is 15.6. The minimum absolute atomic E-state index is 0.0673. The quantitative estimate of drug-likeness (QED) is 0.613. The van der Waals surface area contributed by atoms with Gasteiger partial charge in [0.2, 0.25) is 5.91 Å². The van der Waals surface area contributed by atoms with Crippen molar-refractivity contribution in [3.8, 4) is 0 Å². The number of hydrogen-bond donors (Lipinski definition) is 1. The largest absolute Gasteiger partial charge is 0.461 e. The first kappa shape index (κ1) is 19.9. The summed E-state index contributed by atoms with van der Waals surface area (Å²) in [6.45, 7) is 11.1. The number of H-pyrrole nitrogens is 1. The van der Waals surface area contributed by atoms with Gasteiger partial charge in [-0.1, -0.05) is 13.8 Å². The molecule has 24 heavy (non-hydrogen) atoms. The van der Waals surface area contributed by atoms with E-state index >= 15 is 0 Å². The third kappa shape index (κ3) is 4.24. The van der Waals surface area contributed by atoms with Gasteiger partial charge in [0, 0.05) is 24.7 Å². The zero-order valence-corrected chi connectivity index (χ0v) is 15.6. The van der Waals surface area contributed by atoms with Gasteiger partial charge in [-0.2, -0.15) is 0 Å². The number of aromatic nitrogens is 1. The number of hydrogen-bond acceptors (Lipinski definition) is 4. The van der Waals surface area contributed by atoms with E-state index in [1.54, 1.807) is 34.7 Å². The molecule has 1 heterocycles. The first-order valence-electron chi connectivity index (χ1n) is 8.27. The lowest BCUT2D eigenvalue weighted by molar-refractivity contribution is -0.131. The second kappa shape index (κ2) is 8.13. The Morgan fingerprint density at radius 1 is 1.17 bits per heavy atom. The molecule has 6 nitrogen and oxygen atoms in total. The molecular weight excluding hydrogens is 308 g/mol. The molecule has 1 amide bonds. The molecule has 0 aliphatic rings. The Labute approximate surface area is 143 Å². The average Bonchev–Trinajstić information content (AvgIpc) is 2.79. The van der Waals surface area contributed by atoms with Crippen molar-refractivity contribution in [1.82, 2.24) is 9.88 Å². The van der Waals surface area contributed by atoms with Crippen LogP contribution < -0.4 is 0 Å². The van der Waals surface area contributed by atoms with Gasteiger partial charge in [-0.15, -0.1) is 0 Å². The standard InChI is InChI=1S/C18H28N2O4/c1-8-24-18(23)16-11(4)15(12(5)19-16)17(22)13(6)20(7)14(21)9-10(2)3/h10,13,19H,8-9H2,1-7H3/t13-/m1/s1. The summed E-state index contributed by atoms with van der Waals surface area (Å²) < 4.78 is 5.00. The van der Waals surface area contributed by atoms with Crippen molar-refractivity contribution in [2.45, 2.75) is 54.0 Å². The fourth-order valence-electron chi connectivity index (χ4n) is 2.62. The van der Waals surface area contributed by atoms with E-state index in [-0.39, 0.29) is 24.2 Å². The Hall–Kier alpha value is -2.11. The number of nitrogens with one attached hydrogen (secondary N) is 1. The first-order chi connectivity index (χ1) is 11.1. The van der Waals surface area contributed by atoms with E-state index in [0.29, 0.717) is 28.9 Å². The van der Waals surface area contributed by atoms with Crippen LogP contribution in [0.25, 0.3) is 0 Å². The van der Waals surface area contributed by atoms with Gasteiger partial charge < -0.3 is 14.6 Å². The number of amides is 1. The molecule has 0 saturated carbocycles. The highest BCUT2D eigenvalue weighted by atomic mass is 16.5. The summed E-state index contributed by atoms with van der Waals surface area (Å²) in [6, 6.07) is -0.598. The second-order valence-electron chi connectivity index (χ2n) is 6.49. The monoisotopic (exact) mass is 336 g/mol. The van der Waals surface area contributed by atoms with Crippen LogP contribution in [0.4, 0.5) is 0 Å². The summed E-state index contributed by atoms with van der Waals surface area (Å²) >= 11 is 0. The van der Waals surface area contributed by atoms with Crippen LogP contribution in [0.3, 0.4) is 0 Å². The number of carbonyl (C=O) groups excluding carboxylic acids is 3. The minimum Gasteiger partial charge on any atom is -0.461 e. The SMILES string of the molecule is CCOC(=O)c1[nH]c(C)c(C(=O)[C@@H](C)N(C)C(=O)CC(C)C)c1C. The van der Waals surface area contributed by atoms with Gasteiger partial charge in [-0.3, -0.25) is 9.59 Å². The van der Waals surface area contributed by atoms with E-state index in [1.165, 1.54) is 4.90 Å². The predicted molar refractivity (Wildman–Crippen MR) is 92.2 cm³/mol. The molecule has 0 bridgehead atoms. The van der Waals surface area contributed by atoms with Crippen LogP contribution in [0, 0.1) is 19.8 Å². The van der Waals surface area contributed by atoms with E-state index < -0.39 is 12.0 Å². The van der Waals surface area contributed by atoms with Crippen LogP contribution in [0.1, 0.15) is 66.2 Å². The first-order valence-corrected chi connectivity index (χ1v) is 8.27. The van der Waals surface area contributed by atoms with Crippen molar-refractivity contribution in [3.05, 3.63) is 22.5 Å². The van der Waals surface area contributed by atoms with Crippen LogP contribution in [0.5, 0.6) is 0 Å². The number of carbonyl (C=O) groups is 3. The van der Waals surface area contributed by atoms with E-state index in [9.17, 15) is 14.4 Å². The van der Waals surface area contributed by atoms with Gasteiger partial charge in [-0.25, -0.2) is 4.79 Å². The number of aromatic amines is 1. The van der Waals surface area contributed by atoms with Crippen molar-refractivity contribution in [1.29, 1.82) is 0 Å². The maximum Gasteiger partial charge on any atom is 0.355 e. The number of Topliss-reactive ketones (excluding diaryl/α,β-unsaturated/α-hetero) is 1. The molecule has 0 radical (unpaired) electrons. The fraction of sp³-hybridized carbons (Fsp3) is 0.611. The minimum atomic E-state index is -0.598. The van der Waals surface area contributed by atoms with Crippen LogP contribution >= 0.6 is 0 Å². The molecule has 0 spiro atoms. The van der Waals surface area contributed by atoms with Gasteiger partial charge in [0.25, 0.3) is 0 Å². The van der Waals surface area contributed by atoms with Gasteiger partial charge in [0.1, 0.15) is 5.69 Å². The molecule has 1 aromatic heterocycles. The lowest BCUT2D eigenvalue weighted by atomic mass is 9.99. The number of nitrogens with zero attached hydrogens (tertiary/aromatic N) is 1. The van der Waals surface area contributed by atoms with E-state index in [2.05, 4.69) is 4.98 Å². The van der Waals surface area contributed by atoms with Crippen LogP contribution in [-0.4, -0.2) is 47.2 Å². The molecule has 134 valence electrons. The maximum atomic E-state index is 12.8. The van der Waals surface area contributed by atoms with Crippen molar-refractivity contribution in [3.63, 3.8) is 0 Å². The summed E-state index contributed by atoms with van der Waals surface area (Å²) in [6.07, 6.45) is 0.396. The molecule has 0 aliphatic carbocycles. The lowest BCUT2D eigenvalue weighted by Gasteiger charge is -2.25. The normalized spacial score (nSPS) is 12.2. The van der Waals surface area contributed by atoms with Crippen LogP contribution in [0.15, 0.2) is 0 Å². The smallest absolute Gasteiger partial charge is 0.355 e. The third-order valence-electron chi connectivity index (χ3n) is 4.10. The van der Waals surface area contributed by atoms with Gasteiger partial charge >= 0.3 is 5.97 Å². The van der Waals surface area contributed by atoms with Crippen LogP contribution in [0.2, 0.25) is 0 Å². The third-order valence-corrected chi connectivity index (χ3v) is 4.10. The molecule has 1 rings (SSSR count). The van der Waals surface area contributed by atoms with Crippen LogP contribution in [-0.2, 0) is 9.53 Å². The Balaban J connectivity index is 3.07. The summed E-state index contributed by atoms with van der Waals surface area (Å²) in [5.41, 5.74) is 1.92. The summed E-state index contributed by atoms with van der Waals surface area (Å²) in [4.78, 5) is 41.4. The highest BCUT2D eigenvalue weighted by Gasteiger charge is 2.29. The molecule has 0 fully saturated rings. The molecule has 0 unspecified atom stereocenters. The number of rotatable bonds is 7. The Bertz CT molecular complexity index is 631. The van der Waals surface area contributed by atoms with E-state index in [4.69, 9.17) is 4.74 Å². The molecular formula is C18H28N2O4. The van der Waals surface area contributed by atoms with Gasteiger partial charge in [-0.05, 0) is 39.2 Å². The molecule has 1 aromatic rings. The van der Waals surface area contributed by atoms with Gasteiger partial charge in [0.05, 0.1) is 12.6 Å². The molecule has 0 saturated heterocycles. The number of ether oxygens (including phenoxy) is 1. The Kier molecular flexibility index (Phi) is 6.75. The summed E-state index contributed by atoms with van der Waals surface area (Å²) in [7, 11) is 1.64. The number of ketones is 1. The predicted octanol–water partition coefficient (Wildman–Crippen LogP) is 2.88. The molecule has 6 heteroatoms. The van der Waals surface area contributed by atoms with Crippen molar-refractivity contribution >= 4 is 17.7 Å². The average molecular weight is 336 g/mol. The van der Waals surface area contributed by atoms with Crippen molar-refractivity contribution in [2.24, 2.45) is 5.92 Å². The zero-order chi connectivity index (χ0) is 18.6. The second-order valence-corrected chi connectivity index (χ2v) is 6.49. The maximum absolute atomic E-state index is 12.8. The summed E-state index contributed by atoms with van der Waals surface area (Å²) in [5.74, 6) is -0.499. The molecule has 1 atom stereocenters. The molecule has 0 aromatic carbocycles. The highest BCUT2D eigenvalue weighted by molar-refractivity contribution is 6.06. The Morgan fingerprint density at radius 3 is 2.25 bits per heavy atom. The number of likely N-dealkylation sites (N-methyl/N-ethyl adjacent to an activating group) is 1. The van der Waals surface area contributed by atoms with E-state index in [0.717, 1.165) is 0 Å². The molecule has 0 aliphatic heterocycles. The summed E-state index contributed by atoms with van der Waals surface area (Å²) in [5, 5.41) is 0. The van der Waals surface area contributed by atoms with Crippen molar-refractivity contribution in [2.75, 3.05) is 13.7 Å². The topological polar surface area (TPSA) is 79.5 Å². The molecule has 1 N–H and O–H groups in total. The Morgan fingerprint density at radius 2 is 1.75 bits per heavy atom. The van der Waals surface area contributed by atoms with Gasteiger partial charge in [0.15, 0.2) is 5.78 Å². The lowest BCUT2D eigenvalue weighted by Crippen LogP contribution is -2.41. The fourth-order valence-corrected chi connectivity index (χ4v) is 2.62. The highest BCUT2D eigenvalue weighted by Crippen LogP contribution is 2.22. The van der Waals surface area contributed by atoms with Crippen molar-refractivity contribution < 1.29 is 19.1 Å². The number of esters is 1. The van der Waals surface area contributed by atoms with E-state index in [1.807, 2.05) is 13.8 Å².